The van der Waals surface area contributed by atoms with Crippen LogP contribution in [0, 0.1) is 0 Å². The van der Waals surface area contributed by atoms with Gasteiger partial charge in [0.2, 0.25) is 13.6 Å². The Morgan fingerprint density at radius 3 is 2.32 bits per heavy atom. The van der Waals surface area contributed by atoms with Crippen molar-refractivity contribution in [3.05, 3.63) is 36.2 Å². The van der Waals surface area contributed by atoms with Crippen molar-refractivity contribution in [2.24, 2.45) is 0 Å². The van der Waals surface area contributed by atoms with Crippen molar-refractivity contribution in [1.29, 1.82) is 0 Å². The molecule has 1 aromatic heterocycles. The highest BCUT2D eigenvalue weighted by Gasteiger charge is 2.22. The smallest absolute Gasteiger partial charge is 0.231 e. The molecule has 7 nitrogen and oxygen atoms in total. The second-order valence-electron chi connectivity index (χ2n) is 7.26. The van der Waals surface area contributed by atoms with Crippen LogP contribution in [0.1, 0.15) is 18.7 Å². The SMILES string of the molecule is c1cc2c(cc1-c1nc(CN3CCCC3)nc3cc4c(cc13)OCO4)OCO2. The zero-order valence-electron chi connectivity index (χ0n) is 15.3. The molecule has 0 radical (unpaired) electrons. The van der Waals surface area contributed by atoms with E-state index in [9.17, 15) is 0 Å². The molecule has 28 heavy (non-hydrogen) atoms. The molecule has 0 bridgehead atoms. The molecule has 3 aromatic rings. The molecule has 0 N–H and O–H groups in total. The quantitative estimate of drug-likeness (QED) is 0.693. The molecule has 1 fully saturated rings. The number of fused-ring (bicyclic) bond motifs is 3. The molecular weight excluding hydrogens is 358 g/mol. The van der Waals surface area contributed by atoms with E-state index in [1.807, 2.05) is 30.3 Å². The molecular formula is C21H19N3O4. The third-order valence-electron chi connectivity index (χ3n) is 5.45. The zero-order chi connectivity index (χ0) is 18.5. The van der Waals surface area contributed by atoms with E-state index in [0.717, 1.165) is 70.6 Å². The lowest BCUT2D eigenvalue weighted by atomic mass is 10.0. The predicted molar refractivity (Wildman–Crippen MR) is 102 cm³/mol. The molecule has 4 heterocycles. The van der Waals surface area contributed by atoms with E-state index < -0.39 is 0 Å². The maximum Gasteiger partial charge on any atom is 0.231 e. The second kappa shape index (κ2) is 6.24. The number of hydrogen-bond donors (Lipinski definition) is 0. The lowest BCUT2D eigenvalue weighted by Gasteiger charge is -2.15. The van der Waals surface area contributed by atoms with Crippen LogP contribution in [0.15, 0.2) is 30.3 Å². The van der Waals surface area contributed by atoms with Crippen LogP contribution in [0.5, 0.6) is 23.0 Å². The summed E-state index contributed by atoms with van der Waals surface area (Å²) in [5.74, 6) is 3.78. The Hall–Kier alpha value is -3.06. The summed E-state index contributed by atoms with van der Waals surface area (Å²) in [6.07, 6.45) is 2.47. The molecule has 3 aliphatic heterocycles. The molecule has 0 aliphatic carbocycles. The van der Waals surface area contributed by atoms with Crippen molar-refractivity contribution >= 4 is 10.9 Å². The minimum absolute atomic E-state index is 0.235. The summed E-state index contributed by atoms with van der Waals surface area (Å²) in [5, 5.41) is 0.938. The topological polar surface area (TPSA) is 65.9 Å². The summed E-state index contributed by atoms with van der Waals surface area (Å²) in [6, 6.07) is 9.84. The van der Waals surface area contributed by atoms with Gasteiger partial charge >= 0.3 is 0 Å². The lowest BCUT2D eigenvalue weighted by molar-refractivity contribution is 0.173. The average Bonchev–Trinajstić information content (AvgIpc) is 3.46. The van der Waals surface area contributed by atoms with E-state index >= 15 is 0 Å². The van der Waals surface area contributed by atoms with Crippen molar-refractivity contribution in [1.82, 2.24) is 14.9 Å². The summed E-state index contributed by atoms with van der Waals surface area (Å²) in [7, 11) is 0. The maximum absolute atomic E-state index is 5.58. The van der Waals surface area contributed by atoms with E-state index in [0.29, 0.717) is 0 Å². The molecule has 2 aromatic carbocycles. The Morgan fingerprint density at radius 2 is 1.50 bits per heavy atom. The standard InChI is InChI=1S/C21H19N3O4/c1-2-6-24(5-1)10-20-22-15-9-19-18(27-12-28-19)8-14(15)21(23-20)13-3-4-16-17(7-13)26-11-25-16/h3-4,7-9H,1-2,5-6,10-12H2. The number of likely N-dealkylation sites (tertiary alicyclic amines) is 1. The third-order valence-corrected chi connectivity index (χ3v) is 5.45. The van der Waals surface area contributed by atoms with Crippen molar-refractivity contribution < 1.29 is 18.9 Å². The third kappa shape index (κ3) is 2.62. The van der Waals surface area contributed by atoms with Crippen LogP contribution in [0.3, 0.4) is 0 Å². The van der Waals surface area contributed by atoms with Crippen LogP contribution in [-0.4, -0.2) is 41.5 Å². The van der Waals surface area contributed by atoms with Crippen molar-refractivity contribution in [3.8, 4) is 34.3 Å². The minimum Gasteiger partial charge on any atom is -0.454 e. The van der Waals surface area contributed by atoms with Gasteiger partial charge in [0.15, 0.2) is 23.0 Å². The number of rotatable bonds is 3. The average molecular weight is 377 g/mol. The largest absolute Gasteiger partial charge is 0.454 e. The van der Waals surface area contributed by atoms with Gasteiger partial charge in [-0.25, -0.2) is 9.97 Å². The Bertz CT molecular complexity index is 1080. The van der Waals surface area contributed by atoms with Gasteiger partial charge in [0.25, 0.3) is 0 Å². The van der Waals surface area contributed by atoms with Crippen LogP contribution in [-0.2, 0) is 6.54 Å². The van der Waals surface area contributed by atoms with Gasteiger partial charge in [-0.3, -0.25) is 4.90 Å². The summed E-state index contributed by atoms with van der Waals surface area (Å²) in [6.45, 7) is 3.44. The molecule has 0 spiro atoms. The van der Waals surface area contributed by atoms with E-state index in [-0.39, 0.29) is 13.6 Å². The van der Waals surface area contributed by atoms with Gasteiger partial charge in [0, 0.05) is 17.0 Å². The first-order valence-corrected chi connectivity index (χ1v) is 9.56. The number of nitrogens with zero attached hydrogens (tertiary/aromatic N) is 3. The van der Waals surface area contributed by atoms with Gasteiger partial charge in [-0.15, -0.1) is 0 Å². The van der Waals surface area contributed by atoms with Gasteiger partial charge < -0.3 is 18.9 Å². The molecule has 0 unspecified atom stereocenters. The fourth-order valence-electron chi connectivity index (χ4n) is 4.04. The van der Waals surface area contributed by atoms with Gasteiger partial charge in [0.1, 0.15) is 5.82 Å². The van der Waals surface area contributed by atoms with E-state index in [1.54, 1.807) is 0 Å². The summed E-state index contributed by atoms with van der Waals surface area (Å²) >= 11 is 0. The highest BCUT2D eigenvalue weighted by molar-refractivity contribution is 5.95. The van der Waals surface area contributed by atoms with Crippen LogP contribution < -0.4 is 18.9 Å². The molecule has 1 saturated heterocycles. The zero-order valence-corrected chi connectivity index (χ0v) is 15.3. The summed E-state index contributed by atoms with van der Waals surface area (Å²) in [5.41, 5.74) is 2.70. The number of hydrogen-bond acceptors (Lipinski definition) is 7. The Kier molecular flexibility index (Phi) is 3.55. The Balaban J connectivity index is 1.52. The highest BCUT2D eigenvalue weighted by atomic mass is 16.7. The van der Waals surface area contributed by atoms with Crippen LogP contribution in [0.25, 0.3) is 22.2 Å². The lowest BCUT2D eigenvalue weighted by Crippen LogP contribution is -2.20. The molecule has 3 aliphatic rings. The minimum atomic E-state index is 0.235. The van der Waals surface area contributed by atoms with Crippen molar-refractivity contribution in [3.63, 3.8) is 0 Å². The monoisotopic (exact) mass is 377 g/mol. The van der Waals surface area contributed by atoms with Crippen LogP contribution in [0.2, 0.25) is 0 Å². The van der Waals surface area contributed by atoms with Gasteiger partial charge in [-0.05, 0) is 50.2 Å². The first-order chi connectivity index (χ1) is 13.8. The predicted octanol–water partition coefficient (Wildman–Crippen LogP) is 3.35. The fraction of sp³-hybridized carbons (Fsp3) is 0.333. The molecule has 0 atom stereocenters. The Morgan fingerprint density at radius 1 is 0.786 bits per heavy atom. The van der Waals surface area contributed by atoms with Gasteiger partial charge in [0.05, 0.1) is 17.8 Å². The molecule has 0 amide bonds. The molecule has 0 saturated carbocycles. The first-order valence-electron chi connectivity index (χ1n) is 9.56. The van der Waals surface area contributed by atoms with E-state index in [4.69, 9.17) is 28.9 Å². The first kappa shape index (κ1) is 15.9. The number of ether oxygens (including phenoxy) is 4. The van der Waals surface area contributed by atoms with Gasteiger partial charge in [-0.1, -0.05) is 0 Å². The van der Waals surface area contributed by atoms with Crippen LogP contribution >= 0.6 is 0 Å². The van der Waals surface area contributed by atoms with E-state index in [2.05, 4.69) is 4.90 Å². The van der Waals surface area contributed by atoms with Crippen LogP contribution in [0.4, 0.5) is 0 Å². The fourth-order valence-corrected chi connectivity index (χ4v) is 4.04. The normalized spacial score (nSPS) is 17.6. The second-order valence-corrected chi connectivity index (χ2v) is 7.26. The summed E-state index contributed by atoms with van der Waals surface area (Å²) in [4.78, 5) is 12.2. The molecule has 7 heteroatoms. The van der Waals surface area contributed by atoms with E-state index in [1.165, 1.54) is 12.8 Å². The summed E-state index contributed by atoms with van der Waals surface area (Å²) < 4.78 is 22.2. The number of benzene rings is 2. The highest BCUT2D eigenvalue weighted by Crippen LogP contribution is 2.41. The number of aromatic nitrogens is 2. The molecule has 6 rings (SSSR count). The Labute approximate surface area is 161 Å². The van der Waals surface area contributed by atoms with Gasteiger partial charge in [-0.2, -0.15) is 0 Å². The molecule has 142 valence electrons. The maximum atomic E-state index is 5.58. The van der Waals surface area contributed by atoms with Crippen molar-refractivity contribution in [2.45, 2.75) is 19.4 Å². The van der Waals surface area contributed by atoms with Crippen molar-refractivity contribution in [2.75, 3.05) is 26.7 Å².